The molecule has 33 heavy (non-hydrogen) atoms. The number of nitrogens with one attached hydrogen (secondary N) is 1. The molecule has 1 aliphatic heterocycles. The Morgan fingerprint density at radius 1 is 0.848 bits per heavy atom. The second-order valence-corrected chi connectivity index (χ2v) is 10.2. The number of carbonyl (C=O) groups excluding carboxylic acids is 2. The Morgan fingerprint density at radius 3 is 2.12 bits per heavy atom. The van der Waals surface area contributed by atoms with E-state index in [1.807, 2.05) is 13.0 Å². The average molecular weight is 463 g/mol. The SMILES string of the molecule is Cc1ccc(S(=O)(=O)N2CCC(C(=O)Nc3ccccc3C(=O)c3ccccc3)CC2)cc1. The van der Waals surface area contributed by atoms with Crippen molar-refractivity contribution in [3.63, 3.8) is 0 Å². The summed E-state index contributed by atoms with van der Waals surface area (Å²) in [6, 6.07) is 22.7. The molecular weight excluding hydrogens is 436 g/mol. The van der Waals surface area contributed by atoms with E-state index in [2.05, 4.69) is 5.32 Å². The molecule has 1 saturated heterocycles. The molecular formula is C26H26N2O4S. The number of para-hydroxylation sites is 1. The van der Waals surface area contributed by atoms with Crippen LogP contribution < -0.4 is 5.32 Å². The summed E-state index contributed by atoms with van der Waals surface area (Å²) < 4.78 is 27.3. The standard InChI is InChI=1S/C26H26N2O4S/c1-19-11-13-22(14-12-19)33(31,32)28-17-15-21(16-18-28)26(30)27-24-10-6-5-9-23(24)25(29)20-7-3-2-4-8-20/h2-14,21H,15-18H2,1H3,(H,27,30). The lowest BCUT2D eigenvalue weighted by Crippen LogP contribution is -2.41. The first kappa shape index (κ1) is 22.9. The molecule has 0 radical (unpaired) electrons. The maximum absolute atomic E-state index is 13.0. The Hall–Kier alpha value is -3.29. The fraction of sp³-hybridized carbons (Fsp3) is 0.231. The molecule has 1 fully saturated rings. The highest BCUT2D eigenvalue weighted by atomic mass is 32.2. The van der Waals surface area contributed by atoms with Gasteiger partial charge in [0.1, 0.15) is 0 Å². The molecule has 1 heterocycles. The van der Waals surface area contributed by atoms with Gasteiger partial charge in [0.25, 0.3) is 0 Å². The van der Waals surface area contributed by atoms with E-state index in [4.69, 9.17) is 0 Å². The van der Waals surface area contributed by atoms with Crippen LogP contribution in [0.25, 0.3) is 0 Å². The van der Waals surface area contributed by atoms with Crippen molar-refractivity contribution < 1.29 is 18.0 Å². The minimum absolute atomic E-state index is 0.162. The average Bonchev–Trinajstić information content (AvgIpc) is 2.85. The van der Waals surface area contributed by atoms with Gasteiger partial charge in [-0.15, -0.1) is 0 Å². The van der Waals surface area contributed by atoms with Crippen LogP contribution in [-0.4, -0.2) is 37.5 Å². The lowest BCUT2D eigenvalue weighted by molar-refractivity contribution is -0.120. The van der Waals surface area contributed by atoms with Gasteiger partial charge in [-0.25, -0.2) is 8.42 Å². The van der Waals surface area contributed by atoms with Gasteiger partial charge in [0.05, 0.1) is 10.6 Å². The van der Waals surface area contributed by atoms with Gasteiger partial charge in [-0.1, -0.05) is 60.2 Å². The third-order valence-electron chi connectivity index (χ3n) is 5.95. The van der Waals surface area contributed by atoms with Crippen LogP contribution in [0, 0.1) is 12.8 Å². The van der Waals surface area contributed by atoms with E-state index in [1.54, 1.807) is 72.8 Å². The van der Waals surface area contributed by atoms with Gasteiger partial charge in [0, 0.05) is 30.1 Å². The van der Waals surface area contributed by atoms with Crippen LogP contribution in [0.3, 0.4) is 0 Å². The highest BCUT2D eigenvalue weighted by molar-refractivity contribution is 7.89. The second kappa shape index (κ2) is 9.68. The molecule has 0 saturated carbocycles. The van der Waals surface area contributed by atoms with Crippen LogP contribution >= 0.6 is 0 Å². The summed E-state index contributed by atoms with van der Waals surface area (Å²) in [5.41, 5.74) is 2.44. The van der Waals surface area contributed by atoms with E-state index in [0.29, 0.717) is 29.7 Å². The summed E-state index contributed by atoms with van der Waals surface area (Å²) in [6.45, 7) is 2.46. The van der Waals surface area contributed by atoms with Crippen molar-refractivity contribution in [3.05, 3.63) is 95.6 Å². The van der Waals surface area contributed by atoms with E-state index in [9.17, 15) is 18.0 Å². The zero-order valence-corrected chi connectivity index (χ0v) is 19.2. The van der Waals surface area contributed by atoms with Gasteiger partial charge in [-0.2, -0.15) is 4.31 Å². The minimum atomic E-state index is -3.58. The van der Waals surface area contributed by atoms with E-state index < -0.39 is 10.0 Å². The molecule has 170 valence electrons. The third-order valence-corrected chi connectivity index (χ3v) is 7.86. The molecule has 0 atom stereocenters. The molecule has 0 bridgehead atoms. The number of anilines is 1. The smallest absolute Gasteiger partial charge is 0.243 e. The summed E-state index contributed by atoms with van der Waals surface area (Å²) in [5, 5.41) is 2.89. The molecule has 1 N–H and O–H groups in total. The molecule has 4 rings (SSSR count). The number of rotatable bonds is 6. The lowest BCUT2D eigenvalue weighted by Gasteiger charge is -2.30. The number of piperidine rings is 1. The van der Waals surface area contributed by atoms with E-state index in [1.165, 1.54) is 4.31 Å². The quantitative estimate of drug-likeness (QED) is 0.555. The Bertz CT molecular complexity index is 1250. The number of carbonyl (C=O) groups is 2. The van der Waals surface area contributed by atoms with Gasteiger partial charge < -0.3 is 5.32 Å². The number of hydrogen-bond acceptors (Lipinski definition) is 4. The molecule has 1 aliphatic rings. The number of hydrogen-bond donors (Lipinski definition) is 1. The maximum Gasteiger partial charge on any atom is 0.243 e. The number of aryl methyl sites for hydroxylation is 1. The molecule has 0 aliphatic carbocycles. The van der Waals surface area contributed by atoms with Gasteiger partial charge >= 0.3 is 0 Å². The fourth-order valence-electron chi connectivity index (χ4n) is 3.99. The fourth-order valence-corrected chi connectivity index (χ4v) is 5.46. The largest absolute Gasteiger partial charge is 0.325 e. The van der Waals surface area contributed by atoms with Gasteiger partial charge in [-0.3, -0.25) is 9.59 Å². The van der Waals surface area contributed by atoms with Crippen molar-refractivity contribution in [2.45, 2.75) is 24.7 Å². The summed E-state index contributed by atoms with van der Waals surface area (Å²) in [4.78, 5) is 26.1. The van der Waals surface area contributed by atoms with Crippen LogP contribution in [-0.2, 0) is 14.8 Å². The van der Waals surface area contributed by atoms with Gasteiger partial charge in [0.2, 0.25) is 15.9 Å². The van der Waals surface area contributed by atoms with Crippen molar-refractivity contribution >= 4 is 27.4 Å². The summed E-state index contributed by atoms with van der Waals surface area (Å²) in [7, 11) is -3.58. The number of nitrogens with zero attached hydrogens (tertiary/aromatic N) is 1. The molecule has 0 aromatic heterocycles. The van der Waals surface area contributed by atoms with Gasteiger partial charge in [0.15, 0.2) is 5.78 Å². The normalized spacial score (nSPS) is 15.2. The zero-order chi connectivity index (χ0) is 23.4. The van der Waals surface area contributed by atoms with Crippen LogP contribution in [0.4, 0.5) is 5.69 Å². The van der Waals surface area contributed by atoms with Crippen LogP contribution in [0.15, 0.2) is 83.8 Å². The Labute approximate surface area is 194 Å². The molecule has 6 nitrogen and oxygen atoms in total. The minimum Gasteiger partial charge on any atom is -0.325 e. The van der Waals surface area contributed by atoms with E-state index in [-0.39, 0.29) is 35.6 Å². The monoisotopic (exact) mass is 462 g/mol. The molecule has 0 unspecified atom stereocenters. The van der Waals surface area contributed by atoms with E-state index >= 15 is 0 Å². The van der Waals surface area contributed by atoms with Crippen LogP contribution in [0.2, 0.25) is 0 Å². The predicted molar refractivity (Wildman–Crippen MR) is 128 cm³/mol. The third kappa shape index (κ3) is 5.05. The molecule has 7 heteroatoms. The number of ketones is 1. The second-order valence-electron chi connectivity index (χ2n) is 8.22. The summed E-state index contributed by atoms with van der Waals surface area (Å²) in [5.74, 6) is -0.685. The predicted octanol–water partition coefficient (Wildman–Crippen LogP) is 4.27. The number of benzene rings is 3. The van der Waals surface area contributed by atoms with Crippen LogP contribution in [0.1, 0.15) is 34.3 Å². The first-order valence-electron chi connectivity index (χ1n) is 10.9. The maximum atomic E-state index is 13.0. The molecule has 0 spiro atoms. The topological polar surface area (TPSA) is 83.6 Å². The molecule has 3 aromatic carbocycles. The first-order chi connectivity index (χ1) is 15.9. The Kier molecular flexibility index (Phi) is 6.72. The summed E-state index contributed by atoms with van der Waals surface area (Å²) in [6.07, 6.45) is 0.845. The molecule has 3 aromatic rings. The number of amides is 1. The van der Waals surface area contributed by atoms with Crippen molar-refractivity contribution in [1.29, 1.82) is 0 Å². The Balaban J connectivity index is 1.42. The highest BCUT2D eigenvalue weighted by Crippen LogP contribution is 2.26. The van der Waals surface area contributed by atoms with Crippen molar-refractivity contribution in [1.82, 2.24) is 4.31 Å². The van der Waals surface area contributed by atoms with Gasteiger partial charge in [-0.05, 0) is 44.0 Å². The van der Waals surface area contributed by atoms with E-state index in [0.717, 1.165) is 5.56 Å². The Morgan fingerprint density at radius 2 is 1.45 bits per heavy atom. The van der Waals surface area contributed by atoms with Crippen molar-refractivity contribution in [2.75, 3.05) is 18.4 Å². The summed E-state index contributed by atoms with van der Waals surface area (Å²) >= 11 is 0. The zero-order valence-electron chi connectivity index (χ0n) is 18.4. The lowest BCUT2D eigenvalue weighted by atomic mass is 9.96. The number of sulfonamides is 1. The van der Waals surface area contributed by atoms with Crippen molar-refractivity contribution in [3.8, 4) is 0 Å². The van der Waals surface area contributed by atoms with Crippen molar-refractivity contribution in [2.24, 2.45) is 5.92 Å². The van der Waals surface area contributed by atoms with Crippen LogP contribution in [0.5, 0.6) is 0 Å². The highest BCUT2D eigenvalue weighted by Gasteiger charge is 2.32. The first-order valence-corrected chi connectivity index (χ1v) is 12.4. The molecule has 1 amide bonds.